The molecule has 0 unspecified atom stereocenters. The maximum absolute atomic E-state index is 12.2. The van der Waals surface area contributed by atoms with Crippen LogP contribution in [0.5, 0.6) is 5.75 Å². The number of carboxylic acids is 1. The zero-order valence-corrected chi connectivity index (χ0v) is 19.0. The van der Waals surface area contributed by atoms with E-state index in [0.717, 1.165) is 25.7 Å². The Kier molecular flexibility index (Phi) is 8.55. The zero-order valence-electron chi connectivity index (χ0n) is 14.7. The number of hydrogen-bond donors (Lipinski definition) is 2. The Bertz CT molecular complexity index is 827. The van der Waals surface area contributed by atoms with Crippen molar-refractivity contribution < 1.29 is 19.4 Å². The van der Waals surface area contributed by atoms with E-state index in [0.29, 0.717) is 17.7 Å². The number of hydrogen-bond acceptors (Lipinski definition) is 3. The van der Waals surface area contributed by atoms with Gasteiger partial charge in [0.15, 0.2) is 0 Å². The number of nitrogens with one attached hydrogen (secondary N) is 1. The molecular weight excluding hydrogens is 572 g/mol. The van der Waals surface area contributed by atoms with E-state index in [-0.39, 0.29) is 5.70 Å². The summed E-state index contributed by atoms with van der Waals surface area (Å²) in [7, 11) is 0. The summed E-state index contributed by atoms with van der Waals surface area (Å²) in [6.07, 6.45) is 3.48. The minimum atomic E-state index is -1.20. The van der Waals surface area contributed by atoms with Gasteiger partial charge in [-0.1, -0.05) is 31.5 Å². The second-order valence-corrected chi connectivity index (χ2v) is 8.02. The van der Waals surface area contributed by atoms with Crippen molar-refractivity contribution in [2.45, 2.75) is 19.8 Å². The molecule has 0 heterocycles. The molecule has 1 amide bonds. The van der Waals surface area contributed by atoms with Gasteiger partial charge in [-0.15, -0.1) is 0 Å². The van der Waals surface area contributed by atoms with E-state index in [1.165, 1.54) is 6.08 Å². The lowest BCUT2D eigenvalue weighted by molar-refractivity contribution is -0.132. The number of ether oxygens (including phenoxy) is 1. The number of carbonyl (C=O) groups is 2. The Balaban J connectivity index is 2.24. The Labute approximate surface area is 185 Å². The van der Waals surface area contributed by atoms with Gasteiger partial charge in [0.1, 0.15) is 11.4 Å². The Morgan fingerprint density at radius 1 is 1.15 bits per heavy atom. The molecule has 0 aliphatic carbocycles. The number of carbonyl (C=O) groups excluding carboxylic acids is 1. The van der Waals surface area contributed by atoms with Crippen LogP contribution in [-0.2, 0) is 4.79 Å². The molecule has 2 rings (SSSR count). The van der Waals surface area contributed by atoms with Gasteiger partial charge in [0, 0.05) is 5.56 Å². The van der Waals surface area contributed by atoms with Crippen LogP contribution < -0.4 is 10.1 Å². The van der Waals surface area contributed by atoms with E-state index in [1.54, 1.807) is 30.3 Å². The van der Waals surface area contributed by atoms with Crippen LogP contribution in [0.25, 0.3) is 6.08 Å². The van der Waals surface area contributed by atoms with Gasteiger partial charge in [-0.2, -0.15) is 0 Å². The summed E-state index contributed by atoms with van der Waals surface area (Å²) in [4.78, 5) is 23.8. The number of unbranched alkanes of at least 4 members (excludes halogenated alkanes) is 1. The van der Waals surface area contributed by atoms with Gasteiger partial charge in [-0.05, 0) is 87.5 Å². The van der Waals surface area contributed by atoms with Gasteiger partial charge in [-0.25, -0.2) is 4.79 Å². The van der Waals surface area contributed by atoms with Crippen LogP contribution in [0.4, 0.5) is 0 Å². The topological polar surface area (TPSA) is 75.6 Å². The summed E-state index contributed by atoms with van der Waals surface area (Å²) in [6, 6.07) is 12.2. The van der Waals surface area contributed by atoms with Gasteiger partial charge in [0.05, 0.1) is 13.7 Å². The maximum Gasteiger partial charge on any atom is 0.352 e. The molecule has 0 bridgehead atoms. The van der Waals surface area contributed by atoms with Gasteiger partial charge in [-0.3, -0.25) is 4.79 Å². The lowest BCUT2D eigenvalue weighted by Crippen LogP contribution is -2.27. The van der Waals surface area contributed by atoms with Crippen LogP contribution in [0.2, 0.25) is 0 Å². The van der Waals surface area contributed by atoms with Crippen molar-refractivity contribution in [1.82, 2.24) is 5.32 Å². The Hall–Kier alpha value is -1.62. The van der Waals surface area contributed by atoms with Crippen molar-refractivity contribution in [2.75, 3.05) is 6.61 Å². The molecule has 0 fully saturated rings. The predicted molar refractivity (Wildman–Crippen MR) is 122 cm³/mol. The van der Waals surface area contributed by atoms with Crippen LogP contribution in [0.1, 0.15) is 35.7 Å². The predicted octanol–water partition coefficient (Wildman–Crippen LogP) is 4.93. The maximum atomic E-state index is 12.2. The van der Waals surface area contributed by atoms with Crippen molar-refractivity contribution in [3.8, 4) is 5.75 Å². The summed E-state index contributed by atoms with van der Waals surface area (Å²) in [5.74, 6) is -0.868. The van der Waals surface area contributed by atoms with Crippen LogP contribution >= 0.6 is 45.2 Å². The molecule has 2 aromatic rings. The van der Waals surface area contributed by atoms with Crippen molar-refractivity contribution in [3.63, 3.8) is 0 Å². The van der Waals surface area contributed by atoms with E-state index >= 15 is 0 Å². The SMILES string of the molecule is CCCCOc1c(I)cc(/C=C(/NC(=O)c2ccccc2)C(=O)O)cc1I. The highest BCUT2D eigenvalue weighted by Gasteiger charge is 2.15. The standard InChI is InChI=1S/C20H19I2NO4/c1-2-3-9-27-18-15(21)10-13(11-16(18)22)12-17(20(25)26)23-19(24)14-7-5-4-6-8-14/h4-8,10-12H,2-3,9H2,1H3,(H,23,24)(H,25,26)/b17-12+. The minimum Gasteiger partial charge on any atom is -0.491 e. The summed E-state index contributed by atoms with van der Waals surface area (Å²) >= 11 is 4.34. The van der Waals surface area contributed by atoms with Gasteiger partial charge in [0.25, 0.3) is 5.91 Å². The largest absolute Gasteiger partial charge is 0.491 e. The third-order valence-electron chi connectivity index (χ3n) is 3.59. The monoisotopic (exact) mass is 591 g/mol. The summed E-state index contributed by atoms with van der Waals surface area (Å²) < 4.78 is 7.60. The number of amides is 1. The van der Waals surface area contributed by atoms with Gasteiger partial charge in [0.2, 0.25) is 0 Å². The normalized spacial score (nSPS) is 11.1. The van der Waals surface area contributed by atoms with Crippen molar-refractivity contribution in [2.24, 2.45) is 0 Å². The highest BCUT2D eigenvalue weighted by molar-refractivity contribution is 14.1. The van der Waals surface area contributed by atoms with Gasteiger partial charge >= 0.3 is 5.97 Å². The fourth-order valence-corrected chi connectivity index (χ4v) is 4.35. The van der Waals surface area contributed by atoms with E-state index in [2.05, 4.69) is 57.4 Å². The summed E-state index contributed by atoms with van der Waals surface area (Å²) in [5.41, 5.74) is 0.890. The molecule has 2 N–H and O–H groups in total. The van der Waals surface area contributed by atoms with Gasteiger partial charge < -0.3 is 15.2 Å². The van der Waals surface area contributed by atoms with E-state index in [9.17, 15) is 14.7 Å². The number of benzene rings is 2. The van der Waals surface area contributed by atoms with Crippen LogP contribution in [0.15, 0.2) is 48.2 Å². The van der Waals surface area contributed by atoms with Crippen LogP contribution in [-0.4, -0.2) is 23.6 Å². The molecular formula is C20H19I2NO4. The summed E-state index contributed by atoms with van der Waals surface area (Å²) in [5, 5.41) is 11.9. The highest BCUT2D eigenvalue weighted by Crippen LogP contribution is 2.30. The molecule has 0 saturated heterocycles. The molecule has 0 aliphatic heterocycles. The lowest BCUT2D eigenvalue weighted by Gasteiger charge is -2.12. The van der Waals surface area contributed by atoms with E-state index < -0.39 is 11.9 Å². The molecule has 0 radical (unpaired) electrons. The first kappa shape index (κ1) is 21.7. The van der Waals surface area contributed by atoms with Crippen LogP contribution in [0.3, 0.4) is 0 Å². The second kappa shape index (κ2) is 10.6. The first-order chi connectivity index (χ1) is 12.9. The summed E-state index contributed by atoms with van der Waals surface area (Å²) in [6.45, 7) is 2.75. The molecule has 0 saturated carbocycles. The first-order valence-electron chi connectivity index (χ1n) is 8.35. The van der Waals surface area contributed by atoms with Crippen molar-refractivity contribution in [1.29, 1.82) is 0 Å². The third kappa shape index (κ3) is 6.49. The number of rotatable bonds is 8. The van der Waals surface area contributed by atoms with Crippen LogP contribution in [0, 0.1) is 7.14 Å². The average Bonchev–Trinajstić information content (AvgIpc) is 2.64. The fraction of sp³-hybridized carbons (Fsp3) is 0.200. The molecule has 5 nitrogen and oxygen atoms in total. The molecule has 0 aromatic heterocycles. The third-order valence-corrected chi connectivity index (χ3v) is 5.19. The van der Waals surface area contributed by atoms with E-state index in [4.69, 9.17) is 4.74 Å². The molecule has 0 atom stereocenters. The Morgan fingerprint density at radius 3 is 2.33 bits per heavy atom. The van der Waals surface area contributed by atoms with Crippen molar-refractivity contribution in [3.05, 3.63) is 66.4 Å². The number of carboxylic acid groups (broad SMARTS) is 1. The highest BCUT2D eigenvalue weighted by atomic mass is 127. The fourth-order valence-electron chi connectivity index (χ4n) is 2.22. The molecule has 27 heavy (non-hydrogen) atoms. The van der Waals surface area contributed by atoms with E-state index in [1.807, 2.05) is 12.1 Å². The first-order valence-corrected chi connectivity index (χ1v) is 10.5. The molecule has 0 spiro atoms. The number of halogens is 2. The second-order valence-electron chi connectivity index (χ2n) is 5.70. The zero-order chi connectivity index (χ0) is 19.8. The molecule has 0 aliphatic rings. The van der Waals surface area contributed by atoms with Crippen molar-refractivity contribution >= 4 is 63.1 Å². The lowest BCUT2D eigenvalue weighted by atomic mass is 10.1. The smallest absolute Gasteiger partial charge is 0.352 e. The molecule has 142 valence electrons. The minimum absolute atomic E-state index is 0.185. The quantitative estimate of drug-likeness (QED) is 0.260. The molecule has 7 heteroatoms. The Morgan fingerprint density at radius 2 is 1.78 bits per heavy atom. The number of aliphatic carboxylic acids is 1. The molecule has 2 aromatic carbocycles. The average molecular weight is 591 g/mol.